The molecule has 4 aromatic rings. The summed E-state index contributed by atoms with van der Waals surface area (Å²) in [6.07, 6.45) is 11.6. The Morgan fingerprint density at radius 3 is 1.65 bits per heavy atom. The fourth-order valence-electron chi connectivity index (χ4n) is 9.96. The third-order valence-electron chi connectivity index (χ3n) is 13.3. The normalized spacial score (nSPS) is 22.4. The standard InChI is InChI=1S/C49H62O4Si/c1-7-8-14-36-27-38(25-34(3)47(36)52-31-40-29-50-40)49(45-18-11-9-16-43(45)44-17-10-12-19-46(44)49)39-26-35(4)48(53-32-41-30-51-41)37(28-39)15-13-24-54(5,6)42-22-20-33(2)21-23-42/h9-12,16-19,25-28,33,40-42H,7-8,13-15,20-24,29-32H2,1-6H3. The lowest BCUT2D eigenvalue weighted by Gasteiger charge is -2.37. The van der Waals surface area contributed by atoms with Gasteiger partial charge in [0.15, 0.2) is 0 Å². The molecule has 4 aliphatic rings. The number of rotatable bonds is 16. The Morgan fingerprint density at radius 1 is 0.685 bits per heavy atom. The largest absolute Gasteiger partial charge is 0.490 e. The molecular weight excluding hydrogens is 681 g/mol. The number of ether oxygens (including phenoxy) is 4. The average Bonchev–Trinajstić information content (AvgIpc) is 4.11. The highest BCUT2D eigenvalue weighted by molar-refractivity contribution is 6.78. The molecule has 2 unspecified atom stereocenters. The van der Waals surface area contributed by atoms with Crippen LogP contribution < -0.4 is 9.47 Å². The van der Waals surface area contributed by atoms with E-state index in [1.807, 2.05) is 0 Å². The summed E-state index contributed by atoms with van der Waals surface area (Å²) in [7, 11) is -1.36. The lowest BCUT2D eigenvalue weighted by Crippen LogP contribution is -2.34. The van der Waals surface area contributed by atoms with Gasteiger partial charge in [-0.15, -0.1) is 0 Å². The molecule has 0 amide bonds. The van der Waals surface area contributed by atoms with E-state index in [4.69, 9.17) is 18.9 Å². The highest BCUT2D eigenvalue weighted by Gasteiger charge is 2.47. The van der Waals surface area contributed by atoms with Gasteiger partial charge >= 0.3 is 0 Å². The molecule has 2 aliphatic heterocycles. The SMILES string of the molecule is CCCCc1cc(C2(c3cc(C)c(OCC4CO4)c(CCC[Si](C)(C)C4CCC(C)CC4)c3)c3ccccc3-c3ccccc32)cc(C)c1OCC1CO1. The summed E-state index contributed by atoms with van der Waals surface area (Å²) in [4.78, 5) is 0. The Kier molecular flexibility index (Phi) is 10.9. The summed E-state index contributed by atoms with van der Waals surface area (Å²) in [6, 6.07) is 29.6. The van der Waals surface area contributed by atoms with Crippen LogP contribution in [0, 0.1) is 19.8 Å². The van der Waals surface area contributed by atoms with Crippen LogP contribution in [-0.4, -0.2) is 46.7 Å². The summed E-state index contributed by atoms with van der Waals surface area (Å²) < 4.78 is 24.4. The first-order chi connectivity index (χ1) is 26.2. The first kappa shape index (κ1) is 37.5. The fourth-order valence-corrected chi connectivity index (χ4v) is 13.4. The second-order valence-corrected chi connectivity index (χ2v) is 23.1. The smallest absolute Gasteiger partial charge is 0.125 e. The van der Waals surface area contributed by atoms with E-state index < -0.39 is 13.5 Å². The molecule has 1 saturated carbocycles. The number of benzene rings is 4. The van der Waals surface area contributed by atoms with Crippen molar-refractivity contribution in [2.75, 3.05) is 26.4 Å². The molecule has 2 atom stereocenters. The zero-order valence-corrected chi connectivity index (χ0v) is 34.8. The molecule has 0 bridgehead atoms. The molecule has 3 fully saturated rings. The maximum atomic E-state index is 6.71. The van der Waals surface area contributed by atoms with Crippen molar-refractivity contribution in [2.24, 2.45) is 5.92 Å². The van der Waals surface area contributed by atoms with Gasteiger partial charge in [-0.25, -0.2) is 0 Å². The van der Waals surface area contributed by atoms with Crippen LogP contribution in [0.4, 0.5) is 0 Å². The number of hydrogen-bond donors (Lipinski definition) is 0. The first-order valence-corrected chi connectivity index (χ1v) is 24.4. The van der Waals surface area contributed by atoms with Crippen molar-refractivity contribution < 1.29 is 18.9 Å². The second kappa shape index (κ2) is 15.6. The maximum absolute atomic E-state index is 6.71. The monoisotopic (exact) mass is 742 g/mol. The summed E-state index contributed by atoms with van der Waals surface area (Å²) in [5.41, 5.74) is 13.6. The van der Waals surface area contributed by atoms with Gasteiger partial charge in [-0.3, -0.25) is 0 Å². The number of epoxide rings is 2. The van der Waals surface area contributed by atoms with Crippen molar-refractivity contribution in [1.82, 2.24) is 0 Å². The third kappa shape index (κ3) is 7.45. The summed E-state index contributed by atoms with van der Waals surface area (Å²) in [6.45, 7) is 17.4. The van der Waals surface area contributed by atoms with Gasteiger partial charge in [-0.1, -0.05) is 144 Å². The Morgan fingerprint density at radius 2 is 1.17 bits per heavy atom. The van der Waals surface area contributed by atoms with E-state index in [0.29, 0.717) is 13.2 Å². The van der Waals surface area contributed by atoms with Gasteiger partial charge in [-0.05, 0) is 100 Å². The molecule has 4 nitrogen and oxygen atoms in total. The van der Waals surface area contributed by atoms with E-state index in [2.05, 4.69) is 114 Å². The first-order valence-electron chi connectivity index (χ1n) is 21.1. The number of aryl methyl sites for hydroxylation is 4. The highest BCUT2D eigenvalue weighted by Crippen LogP contribution is 2.57. The summed E-state index contributed by atoms with van der Waals surface area (Å²) in [5, 5.41) is 0. The Labute approximate surface area is 326 Å². The molecule has 54 heavy (non-hydrogen) atoms. The molecule has 4 aromatic carbocycles. The minimum atomic E-state index is -1.36. The van der Waals surface area contributed by atoms with Crippen LogP contribution in [0.2, 0.25) is 24.7 Å². The Bertz CT molecular complexity index is 1900. The molecule has 0 radical (unpaired) electrons. The van der Waals surface area contributed by atoms with Gasteiger partial charge in [0, 0.05) is 0 Å². The predicted octanol–water partition coefficient (Wildman–Crippen LogP) is 11.8. The van der Waals surface area contributed by atoms with Crippen LogP contribution in [0.5, 0.6) is 11.5 Å². The minimum absolute atomic E-state index is 0.216. The van der Waals surface area contributed by atoms with Crippen LogP contribution in [0.15, 0.2) is 72.8 Å². The number of unbranched alkanes of at least 4 members (excludes halogenated alkanes) is 1. The van der Waals surface area contributed by atoms with Crippen molar-refractivity contribution >= 4 is 8.07 Å². The Hall–Kier alpha value is -3.38. The van der Waals surface area contributed by atoms with Gasteiger partial charge in [0.25, 0.3) is 0 Å². The van der Waals surface area contributed by atoms with Crippen LogP contribution in [0.3, 0.4) is 0 Å². The van der Waals surface area contributed by atoms with Crippen LogP contribution >= 0.6 is 0 Å². The molecule has 2 aliphatic carbocycles. The molecular formula is C49H62O4Si. The van der Waals surface area contributed by atoms with Crippen LogP contribution in [-0.2, 0) is 27.7 Å². The maximum Gasteiger partial charge on any atom is 0.125 e. The zero-order chi connectivity index (χ0) is 37.5. The lowest BCUT2D eigenvalue weighted by molar-refractivity contribution is 0.259. The lowest BCUT2D eigenvalue weighted by atomic mass is 9.66. The van der Waals surface area contributed by atoms with E-state index in [1.54, 1.807) is 0 Å². The molecule has 0 spiro atoms. The van der Waals surface area contributed by atoms with Crippen molar-refractivity contribution in [3.8, 4) is 22.6 Å². The van der Waals surface area contributed by atoms with Crippen LogP contribution in [0.1, 0.15) is 103 Å². The number of hydrogen-bond acceptors (Lipinski definition) is 4. The molecule has 286 valence electrons. The Balaban J connectivity index is 1.26. The van der Waals surface area contributed by atoms with E-state index in [1.165, 1.54) is 93.8 Å². The fraction of sp³-hybridized carbons (Fsp3) is 0.510. The molecule has 2 heterocycles. The van der Waals surface area contributed by atoms with E-state index in [9.17, 15) is 0 Å². The van der Waals surface area contributed by atoms with E-state index in [0.717, 1.165) is 61.9 Å². The second-order valence-electron chi connectivity index (χ2n) is 17.8. The summed E-state index contributed by atoms with van der Waals surface area (Å²) in [5.74, 6) is 3.01. The van der Waals surface area contributed by atoms with Crippen LogP contribution in [0.25, 0.3) is 11.1 Å². The molecule has 8 rings (SSSR count). The topological polar surface area (TPSA) is 43.5 Å². The highest BCUT2D eigenvalue weighted by atomic mass is 28.3. The van der Waals surface area contributed by atoms with Crippen molar-refractivity contribution in [2.45, 2.75) is 128 Å². The number of fused-ring (bicyclic) bond motifs is 3. The molecule has 0 N–H and O–H groups in total. The quantitative estimate of drug-likeness (QED) is 0.0746. The predicted molar refractivity (Wildman–Crippen MR) is 224 cm³/mol. The van der Waals surface area contributed by atoms with Crippen molar-refractivity contribution in [3.63, 3.8) is 0 Å². The third-order valence-corrected chi connectivity index (χ3v) is 17.8. The van der Waals surface area contributed by atoms with E-state index >= 15 is 0 Å². The van der Waals surface area contributed by atoms with Crippen molar-refractivity contribution in [3.05, 3.63) is 117 Å². The molecule has 2 saturated heterocycles. The molecule has 0 aromatic heterocycles. The van der Waals surface area contributed by atoms with Gasteiger partial charge in [0.2, 0.25) is 0 Å². The minimum Gasteiger partial charge on any atom is -0.490 e. The van der Waals surface area contributed by atoms with Crippen molar-refractivity contribution in [1.29, 1.82) is 0 Å². The van der Waals surface area contributed by atoms with E-state index in [-0.39, 0.29) is 12.2 Å². The molecule has 5 heteroatoms. The van der Waals surface area contributed by atoms with Gasteiger partial charge in [-0.2, -0.15) is 0 Å². The van der Waals surface area contributed by atoms with Gasteiger partial charge < -0.3 is 18.9 Å². The van der Waals surface area contributed by atoms with Gasteiger partial charge in [0.1, 0.15) is 36.9 Å². The average molecular weight is 743 g/mol. The summed E-state index contributed by atoms with van der Waals surface area (Å²) >= 11 is 0. The van der Waals surface area contributed by atoms with Gasteiger partial charge in [0.05, 0.1) is 26.7 Å². The zero-order valence-electron chi connectivity index (χ0n) is 33.8.